The number of esters is 3. The number of aliphatic hydroxyl groups excluding tert-OH is 2. The molecule has 0 aromatic heterocycles. The van der Waals surface area contributed by atoms with Crippen LogP contribution in [0.4, 0.5) is 0 Å². The molecule has 0 radical (unpaired) electrons. The minimum Gasteiger partial charge on any atom is -0.479 e. The van der Waals surface area contributed by atoms with Gasteiger partial charge in [-0.15, -0.1) is 0 Å². The smallest absolute Gasteiger partial charge is 0.335 e. The molecule has 1 rings (SSSR count). The lowest BCUT2D eigenvalue weighted by atomic mass is 9.98. The molecule has 0 saturated carbocycles. The van der Waals surface area contributed by atoms with Gasteiger partial charge in [0.1, 0.15) is 18.8 Å². The first-order valence-corrected chi connectivity index (χ1v) is 31.2. The Kier molecular flexibility index (Phi) is 50.5. The second-order valence-electron chi connectivity index (χ2n) is 20.6. The zero-order valence-corrected chi connectivity index (χ0v) is 50.2. The van der Waals surface area contributed by atoms with E-state index in [1.54, 1.807) is 0 Å². The first kappa shape index (κ1) is 73.9. The Morgan fingerprint density at radius 1 is 0.420 bits per heavy atom. The molecule has 0 bridgehead atoms. The lowest BCUT2D eigenvalue weighted by molar-refractivity contribution is -0.301. The summed E-state index contributed by atoms with van der Waals surface area (Å²) >= 11 is 0. The molecule has 456 valence electrons. The Bertz CT molecular complexity index is 1920. The maximum absolute atomic E-state index is 13.2. The third-order valence-corrected chi connectivity index (χ3v) is 13.2. The average Bonchev–Trinajstić information content (AvgIpc) is 3.46. The molecular formula is C69H108O12. The lowest BCUT2D eigenvalue weighted by Gasteiger charge is -2.40. The van der Waals surface area contributed by atoms with Crippen LogP contribution < -0.4 is 0 Å². The Hall–Kier alpha value is -5.14. The van der Waals surface area contributed by atoms with Crippen molar-refractivity contribution < 1.29 is 58.2 Å². The van der Waals surface area contributed by atoms with E-state index in [-0.39, 0.29) is 25.9 Å². The predicted octanol–water partition coefficient (Wildman–Crippen LogP) is 16.6. The van der Waals surface area contributed by atoms with E-state index in [1.165, 1.54) is 25.7 Å². The van der Waals surface area contributed by atoms with Crippen molar-refractivity contribution in [1.82, 2.24) is 0 Å². The molecule has 0 aromatic rings. The molecule has 0 spiro atoms. The fourth-order valence-electron chi connectivity index (χ4n) is 8.47. The van der Waals surface area contributed by atoms with E-state index in [1.807, 2.05) is 0 Å². The highest BCUT2D eigenvalue weighted by Crippen LogP contribution is 2.26. The van der Waals surface area contributed by atoms with Gasteiger partial charge in [-0.1, -0.05) is 206 Å². The van der Waals surface area contributed by atoms with Crippen molar-refractivity contribution in [2.75, 3.05) is 13.2 Å². The van der Waals surface area contributed by atoms with Gasteiger partial charge in [0.05, 0.1) is 6.61 Å². The van der Waals surface area contributed by atoms with Crippen LogP contribution in [0, 0.1) is 0 Å². The molecule has 6 unspecified atom stereocenters. The van der Waals surface area contributed by atoms with Gasteiger partial charge < -0.3 is 39.0 Å². The summed E-state index contributed by atoms with van der Waals surface area (Å²) in [6, 6.07) is 0. The van der Waals surface area contributed by atoms with Gasteiger partial charge in [0.15, 0.2) is 24.6 Å². The number of carbonyl (C=O) groups is 4. The van der Waals surface area contributed by atoms with Crippen LogP contribution >= 0.6 is 0 Å². The van der Waals surface area contributed by atoms with Gasteiger partial charge in [-0.3, -0.25) is 14.4 Å². The number of carboxylic acids is 1. The topological polar surface area (TPSA) is 175 Å². The summed E-state index contributed by atoms with van der Waals surface area (Å²) in [6.45, 7) is 5.68. The summed E-state index contributed by atoms with van der Waals surface area (Å²) in [6.07, 6.45) is 65.5. The summed E-state index contributed by atoms with van der Waals surface area (Å²) in [5.41, 5.74) is 0. The summed E-state index contributed by atoms with van der Waals surface area (Å²) in [7, 11) is 0. The summed E-state index contributed by atoms with van der Waals surface area (Å²) in [5, 5.41) is 31.5. The zero-order valence-electron chi connectivity index (χ0n) is 50.2. The van der Waals surface area contributed by atoms with Crippen LogP contribution in [0.1, 0.15) is 226 Å². The first-order chi connectivity index (χ1) is 39.6. The van der Waals surface area contributed by atoms with Gasteiger partial charge in [0, 0.05) is 19.3 Å². The molecule has 6 atom stereocenters. The molecule has 0 aromatic carbocycles. The Morgan fingerprint density at radius 3 is 1.21 bits per heavy atom. The number of aliphatic hydroxyl groups is 2. The number of carbonyl (C=O) groups excluding carboxylic acids is 3. The van der Waals surface area contributed by atoms with Gasteiger partial charge in [-0.05, 0) is 135 Å². The second-order valence-corrected chi connectivity index (χ2v) is 20.6. The third kappa shape index (κ3) is 45.1. The number of carboxylic acid groups (broad SMARTS) is 1. The number of rotatable bonds is 51. The van der Waals surface area contributed by atoms with Gasteiger partial charge >= 0.3 is 23.9 Å². The van der Waals surface area contributed by atoms with Gasteiger partial charge in [-0.25, -0.2) is 4.79 Å². The van der Waals surface area contributed by atoms with Crippen molar-refractivity contribution >= 4 is 23.9 Å². The van der Waals surface area contributed by atoms with E-state index < -0.39 is 67.3 Å². The van der Waals surface area contributed by atoms with E-state index in [0.29, 0.717) is 19.3 Å². The van der Waals surface area contributed by atoms with Gasteiger partial charge in [0.2, 0.25) is 0 Å². The third-order valence-electron chi connectivity index (χ3n) is 13.2. The number of hydrogen-bond acceptors (Lipinski definition) is 11. The van der Waals surface area contributed by atoms with E-state index in [9.17, 15) is 34.5 Å². The Morgan fingerprint density at radius 2 is 0.778 bits per heavy atom. The van der Waals surface area contributed by atoms with Gasteiger partial charge in [-0.2, -0.15) is 0 Å². The molecule has 81 heavy (non-hydrogen) atoms. The molecular weight excluding hydrogens is 1020 g/mol. The van der Waals surface area contributed by atoms with E-state index in [2.05, 4.69) is 154 Å². The van der Waals surface area contributed by atoms with Crippen LogP contribution in [0.2, 0.25) is 0 Å². The molecule has 0 amide bonds. The van der Waals surface area contributed by atoms with Crippen molar-refractivity contribution in [3.05, 3.63) is 134 Å². The van der Waals surface area contributed by atoms with Crippen LogP contribution in [-0.4, -0.2) is 89.2 Å². The Balaban J connectivity index is 2.74. The van der Waals surface area contributed by atoms with Crippen molar-refractivity contribution in [3.63, 3.8) is 0 Å². The molecule has 1 heterocycles. The molecule has 0 aliphatic carbocycles. The van der Waals surface area contributed by atoms with E-state index in [4.69, 9.17) is 23.7 Å². The molecule has 1 fully saturated rings. The highest BCUT2D eigenvalue weighted by atomic mass is 16.7. The normalized spacial score (nSPS) is 18.7. The van der Waals surface area contributed by atoms with E-state index in [0.717, 1.165) is 141 Å². The second kappa shape index (κ2) is 55.4. The standard InChI is InChI=1S/C69H108O12/c1-4-7-10-13-16-19-22-25-27-29-31-33-35-38-40-43-46-49-52-55-61(70)77-58-60(79-62(71)56-53-50-47-44-42-39-36-34-32-30-28-26-23-20-17-14-11-8-5-2)59-78-69-67(65(74)64(73)66(81-69)68(75)76)80-63(72)57-54-51-48-45-41-37-24-21-18-15-12-9-6-3/h7-8,10-11,16-17,19-21,24-28,31-34,38-40,42,60,64-67,69,73-74H,4-6,9,12-15,18,22-23,29-30,35-37,41,43-59H2,1-3H3,(H,75,76)/b10-7-,11-8-,19-16-,20-17-,24-21-,27-25-,28-26-,33-31-,34-32-,40-38-,42-39-. The minimum atomic E-state index is -1.92. The number of ether oxygens (including phenoxy) is 5. The number of unbranched alkanes of at least 4 members (excludes halogenated alkanes) is 15. The van der Waals surface area contributed by atoms with Crippen molar-refractivity contribution in [3.8, 4) is 0 Å². The van der Waals surface area contributed by atoms with Crippen LogP contribution in [0.15, 0.2) is 134 Å². The minimum absolute atomic E-state index is 0.0357. The van der Waals surface area contributed by atoms with E-state index >= 15 is 0 Å². The van der Waals surface area contributed by atoms with Crippen LogP contribution in [-0.2, 0) is 42.9 Å². The monoisotopic (exact) mass is 1130 g/mol. The quantitative estimate of drug-likeness (QED) is 0.0228. The van der Waals surface area contributed by atoms with Crippen LogP contribution in [0.25, 0.3) is 0 Å². The first-order valence-electron chi connectivity index (χ1n) is 31.2. The lowest BCUT2D eigenvalue weighted by Crippen LogP contribution is -2.61. The molecule has 3 N–H and O–H groups in total. The largest absolute Gasteiger partial charge is 0.479 e. The average molecular weight is 1130 g/mol. The molecule has 12 nitrogen and oxygen atoms in total. The SMILES string of the molecule is CC/C=C\C/C=C\C/C=C\C/C=C\C/C=C\CCCCCC(=O)OCC(COC1OC(C(=O)O)C(O)C(O)C1OC(=O)CCCCCCC/C=C\CCCCCC)OC(=O)CCCCC/C=C\C/C=C\C/C=C\C/C=C\C/C=C\CC. The molecule has 1 aliphatic heterocycles. The highest BCUT2D eigenvalue weighted by Gasteiger charge is 2.50. The molecule has 1 saturated heterocycles. The van der Waals surface area contributed by atoms with Crippen LogP contribution in [0.3, 0.4) is 0 Å². The van der Waals surface area contributed by atoms with Crippen molar-refractivity contribution in [1.29, 1.82) is 0 Å². The summed E-state index contributed by atoms with van der Waals surface area (Å²) in [4.78, 5) is 51.2. The zero-order chi connectivity index (χ0) is 58.9. The Labute approximate surface area is 490 Å². The number of aliphatic carboxylic acids is 1. The predicted molar refractivity (Wildman–Crippen MR) is 330 cm³/mol. The maximum atomic E-state index is 13.2. The number of allylic oxidation sites excluding steroid dienone is 22. The maximum Gasteiger partial charge on any atom is 0.335 e. The summed E-state index contributed by atoms with van der Waals surface area (Å²) < 4.78 is 28.4. The van der Waals surface area contributed by atoms with Crippen molar-refractivity contribution in [2.24, 2.45) is 0 Å². The molecule has 12 heteroatoms. The summed E-state index contributed by atoms with van der Waals surface area (Å²) in [5.74, 6) is -3.24. The fourth-order valence-corrected chi connectivity index (χ4v) is 8.47. The number of hydrogen-bond donors (Lipinski definition) is 3. The van der Waals surface area contributed by atoms with Gasteiger partial charge in [0.25, 0.3) is 0 Å². The van der Waals surface area contributed by atoms with Crippen LogP contribution in [0.5, 0.6) is 0 Å². The molecule has 1 aliphatic rings. The highest BCUT2D eigenvalue weighted by molar-refractivity contribution is 5.74. The van der Waals surface area contributed by atoms with Crippen molar-refractivity contribution in [2.45, 2.75) is 263 Å². The fraction of sp³-hybridized carbons (Fsp3) is 0.623.